The molecule has 0 aromatic heterocycles. The second kappa shape index (κ2) is 3.38. The molecule has 1 aromatic carbocycles. The summed E-state index contributed by atoms with van der Waals surface area (Å²) in [4.78, 5) is 11.0. The van der Waals surface area contributed by atoms with E-state index in [0.29, 0.717) is 0 Å². The first-order valence-corrected chi connectivity index (χ1v) is 4.23. The van der Waals surface area contributed by atoms with Crippen molar-refractivity contribution in [1.82, 2.24) is 0 Å². The average Bonchev–Trinajstić information content (AvgIpc) is 2.23. The number of fused-ring (bicyclic) bond motifs is 1. The van der Waals surface area contributed by atoms with Gasteiger partial charge in [0.15, 0.2) is 11.6 Å². The van der Waals surface area contributed by atoms with E-state index in [-0.39, 0.29) is 29.6 Å². The number of ether oxygens (including phenoxy) is 1. The van der Waals surface area contributed by atoms with Crippen LogP contribution in [0.4, 0.5) is 20.2 Å². The van der Waals surface area contributed by atoms with E-state index in [1.54, 1.807) is 0 Å². The van der Waals surface area contributed by atoms with Crippen LogP contribution < -0.4 is 15.4 Å². The standard InChI is InChI=1S/C9H8F2N2O2/c1-15-5-2-4(10)7(11)9-8(5)13-6(14)3-12-9/h2,12H,3H2,1H3,(H,13,14). The van der Waals surface area contributed by atoms with Crippen molar-refractivity contribution in [3.05, 3.63) is 17.7 Å². The summed E-state index contributed by atoms with van der Waals surface area (Å²) < 4.78 is 31.2. The van der Waals surface area contributed by atoms with Crippen LogP contribution in [0.1, 0.15) is 0 Å². The van der Waals surface area contributed by atoms with Crippen molar-refractivity contribution in [3.8, 4) is 5.75 Å². The molecule has 1 aliphatic rings. The highest BCUT2D eigenvalue weighted by Crippen LogP contribution is 2.38. The molecule has 0 radical (unpaired) electrons. The lowest BCUT2D eigenvalue weighted by Gasteiger charge is -2.21. The summed E-state index contributed by atoms with van der Waals surface area (Å²) in [5, 5.41) is 4.90. The van der Waals surface area contributed by atoms with Crippen LogP contribution >= 0.6 is 0 Å². The summed E-state index contributed by atoms with van der Waals surface area (Å²) in [6.07, 6.45) is 0. The molecule has 2 N–H and O–H groups in total. The monoisotopic (exact) mass is 214 g/mol. The first kappa shape index (κ1) is 9.70. The van der Waals surface area contributed by atoms with Gasteiger partial charge in [0.2, 0.25) is 5.91 Å². The first-order valence-electron chi connectivity index (χ1n) is 4.23. The maximum absolute atomic E-state index is 13.3. The number of halogens is 2. The number of carbonyl (C=O) groups excluding carboxylic acids is 1. The summed E-state index contributed by atoms with van der Waals surface area (Å²) >= 11 is 0. The van der Waals surface area contributed by atoms with Gasteiger partial charge in [0.05, 0.1) is 13.7 Å². The molecular formula is C9H8F2N2O2. The SMILES string of the molecule is COc1cc(F)c(F)c2c1NC(=O)CN2. The maximum Gasteiger partial charge on any atom is 0.243 e. The highest BCUT2D eigenvalue weighted by molar-refractivity contribution is 6.02. The molecule has 1 aromatic rings. The van der Waals surface area contributed by atoms with E-state index in [4.69, 9.17) is 4.74 Å². The first-order chi connectivity index (χ1) is 7.13. The molecule has 0 saturated heterocycles. The molecule has 0 fully saturated rings. The maximum atomic E-state index is 13.3. The molecule has 1 aliphatic heterocycles. The fraction of sp³-hybridized carbons (Fsp3) is 0.222. The quantitative estimate of drug-likeness (QED) is 0.741. The summed E-state index contributed by atoms with van der Waals surface area (Å²) in [5.41, 5.74) is 0.0547. The zero-order valence-electron chi connectivity index (χ0n) is 7.86. The van der Waals surface area contributed by atoms with E-state index in [2.05, 4.69) is 10.6 Å². The lowest BCUT2D eigenvalue weighted by atomic mass is 10.2. The van der Waals surface area contributed by atoms with E-state index in [1.165, 1.54) is 7.11 Å². The Hall–Kier alpha value is -1.85. The average molecular weight is 214 g/mol. The number of amides is 1. The molecule has 0 saturated carbocycles. The highest BCUT2D eigenvalue weighted by Gasteiger charge is 2.24. The van der Waals surface area contributed by atoms with Crippen molar-refractivity contribution in [2.75, 3.05) is 24.3 Å². The topological polar surface area (TPSA) is 50.4 Å². The zero-order chi connectivity index (χ0) is 11.0. The summed E-state index contributed by atoms with van der Waals surface area (Å²) in [6, 6.07) is 0.890. The van der Waals surface area contributed by atoms with E-state index in [1.807, 2.05) is 0 Å². The molecule has 15 heavy (non-hydrogen) atoms. The molecule has 80 valence electrons. The van der Waals surface area contributed by atoms with Gasteiger partial charge < -0.3 is 15.4 Å². The van der Waals surface area contributed by atoms with Crippen molar-refractivity contribution in [3.63, 3.8) is 0 Å². The van der Waals surface area contributed by atoms with Gasteiger partial charge in [0, 0.05) is 6.07 Å². The van der Waals surface area contributed by atoms with E-state index < -0.39 is 11.6 Å². The van der Waals surface area contributed by atoms with Gasteiger partial charge in [0.25, 0.3) is 0 Å². The van der Waals surface area contributed by atoms with Crippen LogP contribution in [-0.2, 0) is 4.79 Å². The van der Waals surface area contributed by atoms with Gasteiger partial charge in [-0.1, -0.05) is 0 Å². The molecule has 0 aliphatic carbocycles. The Morgan fingerprint density at radius 2 is 2.13 bits per heavy atom. The third-order valence-corrected chi connectivity index (χ3v) is 2.09. The predicted molar refractivity (Wildman–Crippen MR) is 50.0 cm³/mol. The Kier molecular flexibility index (Phi) is 2.18. The largest absolute Gasteiger partial charge is 0.494 e. The molecule has 6 heteroatoms. The molecule has 2 rings (SSSR count). The van der Waals surface area contributed by atoms with Crippen molar-refractivity contribution < 1.29 is 18.3 Å². The van der Waals surface area contributed by atoms with Gasteiger partial charge in [-0.05, 0) is 0 Å². The van der Waals surface area contributed by atoms with E-state index >= 15 is 0 Å². The molecule has 0 unspecified atom stereocenters. The van der Waals surface area contributed by atoms with Crippen LogP contribution in [0.15, 0.2) is 6.07 Å². The minimum Gasteiger partial charge on any atom is -0.494 e. The number of anilines is 2. The second-order valence-electron chi connectivity index (χ2n) is 3.03. The second-order valence-corrected chi connectivity index (χ2v) is 3.03. The summed E-state index contributed by atoms with van der Waals surface area (Å²) in [7, 11) is 1.31. The van der Waals surface area contributed by atoms with Gasteiger partial charge >= 0.3 is 0 Å². The van der Waals surface area contributed by atoms with Crippen molar-refractivity contribution >= 4 is 17.3 Å². The predicted octanol–water partition coefficient (Wildman–Crippen LogP) is 1.34. The summed E-state index contributed by atoms with van der Waals surface area (Å²) in [5.74, 6) is -2.28. The lowest BCUT2D eigenvalue weighted by Crippen LogP contribution is -2.28. The number of nitrogens with one attached hydrogen (secondary N) is 2. The van der Waals surface area contributed by atoms with Gasteiger partial charge in [-0.15, -0.1) is 0 Å². The minimum atomic E-state index is -1.02. The van der Waals surface area contributed by atoms with Crippen LogP contribution in [0.5, 0.6) is 5.75 Å². The molecule has 0 spiro atoms. The Bertz CT molecular complexity index is 435. The third-order valence-electron chi connectivity index (χ3n) is 2.09. The number of hydrogen-bond acceptors (Lipinski definition) is 3. The van der Waals surface area contributed by atoms with Crippen molar-refractivity contribution in [2.45, 2.75) is 0 Å². The third kappa shape index (κ3) is 1.47. The molecular weight excluding hydrogens is 206 g/mol. The molecule has 4 nitrogen and oxygen atoms in total. The number of hydrogen-bond donors (Lipinski definition) is 2. The molecule has 0 bridgehead atoms. The Morgan fingerprint density at radius 3 is 2.80 bits per heavy atom. The Morgan fingerprint density at radius 1 is 1.40 bits per heavy atom. The number of rotatable bonds is 1. The Balaban J connectivity index is 2.61. The number of methoxy groups -OCH3 is 1. The van der Waals surface area contributed by atoms with Gasteiger partial charge in [-0.25, -0.2) is 8.78 Å². The fourth-order valence-corrected chi connectivity index (χ4v) is 1.41. The van der Waals surface area contributed by atoms with E-state index in [9.17, 15) is 13.6 Å². The molecule has 1 amide bonds. The van der Waals surface area contributed by atoms with Crippen LogP contribution in [0.2, 0.25) is 0 Å². The molecule has 0 atom stereocenters. The Labute approximate surface area is 84.2 Å². The van der Waals surface area contributed by atoms with Gasteiger partial charge in [-0.3, -0.25) is 4.79 Å². The zero-order valence-corrected chi connectivity index (χ0v) is 7.86. The van der Waals surface area contributed by atoms with Crippen LogP contribution in [0.25, 0.3) is 0 Å². The summed E-state index contributed by atoms with van der Waals surface area (Å²) in [6.45, 7) is -0.0868. The lowest BCUT2D eigenvalue weighted by molar-refractivity contribution is -0.114. The highest BCUT2D eigenvalue weighted by atomic mass is 19.2. The smallest absolute Gasteiger partial charge is 0.243 e. The fourth-order valence-electron chi connectivity index (χ4n) is 1.41. The normalized spacial score (nSPS) is 13.9. The van der Waals surface area contributed by atoms with Crippen molar-refractivity contribution in [1.29, 1.82) is 0 Å². The molecule has 1 heterocycles. The van der Waals surface area contributed by atoms with Gasteiger partial charge in [-0.2, -0.15) is 0 Å². The van der Waals surface area contributed by atoms with E-state index in [0.717, 1.165) is 6.07 Å². The van der Waals surface area contributed by atoms with Crippen LogP contribution in [-0.4, -0.2) is 19.6 Å². The van der Waals surface area contributed by atoms with Crippen molar-refractivity contribution in [2.24, 2.45) is 0 Å². The number of carbonyl (C=O) groups is 1. The number of benzene rings is 1. The van der Waals surface area contributed by atoms with Crippen LogP contribution in [0, 0.1) is 11.6 Å². The van der Waals surface area contributed by atoms with Crippen LogP contribution in [0.3, 0.4) is 0 Å². The van der Waals surface area contributed by atoms with Gasteiger partial charge in [0.1, 0.15) is 17.1 Å². The minimum absolute atomic E-state index is 0.0774.